The van der Waals surface area contributed by atoms with Crippen molar-refractivity contribution in [3.05, 3.63) is 34.9 Å². The van der Waals surface area contributed by atoms with Gasteiger partial charge in [-0.1, -0.05) is 38.3 Å². The molecule has 2 N–H and O–H groups in total. The van der Waals surface area contributed by atoms with Gasteiger partial charge in [-0.3, -0.25) is 14.4 Å². The molecular formula is C20H27ClN2O4. The lowest BCUT2D eigenvalue weighted by atomic mass is 9.78. The molecule has 1 saturated carbocycles. The van der Waals surface area contributed by atoms with Crippen LogP contribution >= 0.6 is 11.6 Å². The Kier molecular flexibility index (Phi) is 7.66. The topological polar surface area (TPSA) is 84.5 Å². The van der Waals surface area contributed by atoms with E-state index in [1.165, 1.54) is 13.3 Å². The number of rotatable bonds is 6. The second kappa shape index (κ2) is 9.74. The average Bonchev–Trinajstić information content (AvgIpc) is 2.64. The minimum absolute atomic E-state index is 0.104. The molecule has 0 saturated heterocycles. The van der Waals surface area contributed by atoms with Gasteiger partial charge in [-0.25, -0.2) is 0 Å². The second-order valence-electron chi connectivity index (χ2n) is 7.20. The molecule has 4 atom stereocenters. The number of amides is 2. The van der Waals surface area contributed by atoms with Crippen LogP contribution in [0.3, 0.4) is 0 Å². The fourth-order valence-electron chi connectivity index (χ4n) is 3.23. The predicted octanol–water partition coefficient (Wildman–Crippen LogP) is 2.94. The van der Waals surface area contributed by atoms with Crippen LogP contribution < -0.4 is 10.6 Å². The van der Waals surface area contributed by atoms with Crippen molar-refractivity contribution in [1.29, 1.82) is 0 Å². The van der Waals surface area contributed by atoms with Gasteiger partial charge in [0.15, 0.2) is 6.10 Å². The molecule has 1 aromatic carbocycles. The Bertz CT molecular complexity index is 677. The van der Waals surface area contributed by atoms with Crippen LogP contribution in [-0.2, 0) is 14.3 Å². The molecule has 1 aromatic rings. The summed E-state index contributed by atoms with van der Waals surface area (Å²) < 4.78 is 5.13. The lowest BCUT2D eigenvalue weighted by Crippen LogP contribution is -2.48. The van der Waals surface area contributed by atoms with Crippen molar-refractivity contribution in [1.82, 2.24) is 10.6 Å². The van der Waals surface area contributed by atoms with E-state index in [4.69, 9.17) is 16.3 Å². The summed E-state index contributed by atoms with van der Waals surface area (Å²) in [6, 6.07) is 6.41. The molecule has 6 nitrogen and oxygen atoms in total. The van der Waals surface area contributed by atoms with Gasteiger partial charge in [-0.15, -0.1) is 0 Å². The van der Waals surface area contributed by atoms with Crippen LogP contribution in [0.1, 0.15) is 50.4 Å². The summed E-state index contributed by atoms with van der Waals surface area (Å²) in [5.74, 6) is -0.427. The zero-order chi connectivity index (χ0) is 20.0. The number of esters is 1. The summed E-state index contributed by atoms with van der Waals surface area (Å²) in [4.78, 5) is 36.2. The lowest BCUT2D eigenvalue weighted by molar-refractivity contribution is -0.154. The Morgan fingerprint density at radius 1 is 1.19 bits per heavy atom. The smallest absolute Gasteiger partial charge is 0.326 e. The van der Waals surface area contributed by atoms with Gasteiger partial charge < -0.3 is 15.4 Å². The molecule has 7 heteroatoms. The zero-order valence-corrected chi connectivity index (χ0v) is 16.7. The van der Waals surface area contributed by atoms with E-state index in [1.54, 1.807) is 24.3 Å². The number of carbonyl (C=O) groups excluding carboxylic acids is 3. The average molecular weight is 395 g/mol. The van der Waals surface area contributed by atoms with Crippen molar-refractivity contribution in [3.63, 3.8) is 0 Å². The van der Waals surface area contributed by atoms with Gasteiger partial charge in [-0.2, -0.15) is 0 Å². The summed E-state index contributed by atoms with van der Waals surface area (Å²) in [6.45, 7) is 5.55. The van der Waals surface area contributed by atoms with E-state index in [9.17, 15) is 14.4 Å². The van der Waals surface area contributed by atoms with E-state index in [-0.39, 0.29) is 18.5 Å². The molecule has 0 unspecified atom stereocenters. The van der Waals surface area contributed by atoms with E-state index in [0.29, 0.717) is 22.4 Å². The van der Waals surface area contributed by atoms with Gasteiger partial charge in [-0.05, 0) is 49.4 Å². The van der Waals surface area contributed by atoms with Crippen LogP contribution in [0.5, 0.6) is 0 Å². The van der Waals surface area contributed by atoms with Gasteiger partial charge in [0.05, 0.1) is 0 Å². The van der Waals surface area contributed by atoms with Gasteiger partial charge in [0.25, 0.3) is 11.8 Å². The Morgan fingerprint density at radius 3 is 2.52 bits per heavy atom. The summed E-state index contributed by atoms with van der Waals surface area (Å²) in [6.07, 6.45) is 2.29. The van der Waals surface area contributed by atoms with Crippen molar-refractivity contribution in [2.24, 2.45) is 11.8 Å². The molecule has 0 aromatic heterocycles. The molecule has 148 valence electrons. The number of hydrogen-bond acceptors (Lipinski definition) is 4. The highest BCUT2D eigenvalue weighted by Crippen LogP contribution is 2.29. The lowest BCUT2D eigenvalue weighted by Gasteiger charge is -2.35. The standard InChI is InChI=1S/C20H27ClN2O4/c1-12-5-4-6-17(13(12)2)23-19(25)14(3)27-18(24)11-22-20(26)15-7-9-16(21)10-8-15/h7-10,12-14,17H,4-6,11H2,1-3H3,(H,22,26)(H,23,25)/t12-,13+,14+,17+/m0/s1. The normalized spacial score (nSPS) is 23.2. The molecule has 0 spiro atoms. The Hall–Kier alpha value is -2.08. The Morgan fingerprint density at radius 2 is 1.85 bits per heavy atom. The number of ether oxygens (including phenoxy) is 1. The van der Waals surface area contributed by atoms with E-state index in [0.717, 1.165) is 12.8 Å². The highest BCUT2D eigenvalue weighted by molar-refractivity contribution is 6.30. The van der Waals surface area contributed by atoms with Gasteiger partial charge in [0.1, 0.15) is 6.54 Å². The van der Waals surface area contributed by atoms with E-state index in [1.807, 2.05) is 0 Å². The second-order valence-corrected chi connectivity index (χ2v) is 7.64. The summed E-state index contributed by atoms with van der Waals surface area (Å²) in [5, 5.41) is 5.97. The minimum Gasteiger partial charge on any atom is -0.451 e. The molecule has 0 bridgehead atoms. The maximum absolute atomic E-state index is 12.3. The van der Waals surface area contributed by atoms with Gasteiger partial charge in [0.2, 0.25) is 0 Å². The first-order valence-corrected chi connectivity index (χ1v) is 9.69. The van der Waals surface area contributed by atoms with Crippen molar-refractivity contribution < 1.29 is 19.1 Å². The van der Waals surface area contributed by atoms with Crippen LogP contribution in [0.2, 0.25) is 5.02 Å². The third-order valence-electron chi connectivity index (χ3n) is 5.21. The molecule has 0 heterocycles. The van der Waals surface area contributed by atoms with Crippen LogP contribution in [0.4, 0.5) is 0 Å². The molecule has 0 aliphatic heterocycles. The molecule has 2 rings (SSSR count). The Balaban J connectivity index is 1.76. The van der Waals surface area contributed by atoms with Gasteiger partial charge in [0, 0.05) is 16.6 Å². The summed E-state index contributed by atoms with van der Waals surface area (Å²) in [5.41, 5.74) is 0.387. The maximum Gasteiger partial charge on any atom is 0.326 e. The fourth-order valence-corrected chi connectivity index (χ4v) is 3.36. The monoisotopic (exact) mass is 394 g/mol. The summed E-state index contributed by atoms with van der Waals surface area (Å²) >= 11 is 5.77. The molecule has 2 amide bonds. The number of halogens is 1. The first-order chi connectivity index (χ1) is 12.8. The minimum atomic E-state index is -0.908. The SMILES string of the molecule is C[C@@H]1[C@@H](C)CCC[C@H]1NC(=O)[C@@H](C)OC(=O)CNC(=O)c1ccc(Cl)cc1. The highest BCUT2D eigenvalue weighted by Gasteiger charge is 2.30. The number of hydrogen-bond donors (Lipinski definition) is 2. The molecular weight excluding hydrogens is 368 g/mol. The largest absolute Gasteiger partial charge is 0.451 e. The first-order valence-electron chi connectivity index (χ1n) is 9.31. The van der Waals surface area contributed by atoms with E-state index < -0.39 is 18.0 Å². The number of benzene rings is 1. The fraction of sp³-hybridized carbons (Fsp3) is 0.550. The van der Waals surface area contributed by atoms with Crippen molar-refractivity contribution in [3.8, 4) is 0 Å². The zero-order valence-electron chi connectivity index (χ0n) is 16.0. The van der Waals surface area contributed by atoms with Crippen LogP contribution in [0.15, 0.2) is 24.3 Å². The van der Waals surface area contributed by atoms with E-state index >= 15 is 0 Å². The molecule has 0 radical (unpaired) electrons. The van der Waals surface area contributed by atoms with Crippen molar-refractivity contribution in [2.45, 2.75) is 52.2 Å². The third-order valence-corrected chi connectivity index (χ3v) is 5.46. The van der Waals surface area contributed by atoms with Crippen molar-refractivity contribution in [2.75, 3.05) is 6.54 Å². The van der Waals surface area contributed by atoms with Gasteiger partial charge >= 0.3 is 5.97 Å². The number of nitrogens with one attached hydrogen (secondary N) is 2. The van der Waals surface area contributed by atoms with Crippen molar-refractivity contribution >= 4 is 29.4 Å². The quantitative estimate of drug-likeness (QED) is 0.726. The highest BCUT2D eigenvalue weighted by atomic mass is 35.5. The third kappa shape index (κ3) is 6.24. The van der Waals surface area contributed by atoms with Crippen LogP contribution in [0.25, 0.3) is 0 Å². The van der Waals surface area contributed by atoms with Crippen LogP contribution in [0, 0.1) is 11.8 Å². The van der Waals surface area contributed by atoms with E-state index in [2.05, 4.69) is 24.5 Å². The van der Waals surface area contributed by atoms with Crippen LogP contribution in [-0.4, -0.2) is 36.5 Å². The molecule has 1 aliphatic carbocycles. The maximum atomic E-state index is 12.3. The summed E-state index contributed by atoms with van der Waals surface area (Å²) in [7, 11) is 0. The predicted molar refractivity (Wildman–Crippen MR) is 103 cm³/mol. The molecule has 27 heavy (non-hydrogen) atoms. The number of carbonyl (C=O) groups is 3. The molecule has 1 aliphatic rings. The Labute approximate surface area is 165 Å². The first kappa shape index (κ1) is 21.2. The molecule has 1 fully saturated rings.